The Hall–Kier alpha value is -4.45. The van der Waals surface area contributed by atoms with Crippen molar-refractivity contribution in [2.75, 3.05) is 0 Å². The van der Waals surface area contributed by atoms with Crippen molar-refractivity contribution >= 4 is 11.0 Å². The van der Waals surface area contributed by atoms with Crippen molar-refractivity contribution in [3.8, 4) is 22.5 Å². The number of pyridine rings is 1. The van der Waals surface area contributed by atoms with Gasteiger partial charge >= 0.3 is 5.69 Å². The fourth-order valence-corrected chi connectivity index (χ4v) is 4.35. The fraction of sp³-hybridized carbons (Fsp3) is 0.0741. The van der Waals surface area contributed by atoms with Crippen molar-refractivity contribution in [3.63, 3.8) is 0 Å². The first-order valence-corrected chi connectivity index (χ1v) is 10.6. The van der Waals surface area contributed by atoms with Crippen molar-refractivity contribution in [1.29, 1.82) is 0 Å². The minimum absolute atomic E-state index is 0.269. The van der Waals surface area contributed by atoms with Crippen molar-refractivity contribution < 1.29 is 0 Å². The predicted molar refractivity (Wildman–Crippen MR) is 131 cm³/mol. The van der Waals surface area contributed by atoms with E-state index in [9.17, 15) is 14.4 Å². The smallest absolute Gasteiger partial charge is 0.296 e. The van der Waals surface area contributed by atoms with Gasteiger partial charge in [0.1, 0.15) is 5.65 Å². The van der Waals surface area contributed by atoms with Crippen LogP contribution < -0.4 is 16.8 Å². The summed E-state index contributed by atoms with van der Waals surface area (Å²) in [7, 11) is 1.60. The summed E-state index contributed by atoms with van der Waals surface area (Å²) < 4.78 is 4.00. The first-order valence-electron chi connectivity index (χ1n) is 10.6. The van der Waals surface area contributed by atoms with Crippen LogP contribution in [0.5, 0.6) is 0 Å². The molecule has 2 aromatic heterocycles. The molecule has 0 radical (unpaired) electrons. The molecule has 0 atom stereocenters. The molecule has 0 N–H and O–H groups in total. The van der Waals surface area contributed by atoms with Crippen LogP contribution in [0.2, 0.25) is 0 Å². The average Bonchev–Trinajstić information content (AvgIpc) is 2.84. The van der Waals surface area contributed by atoms with Gasteiger partial charge in [0.05, 0.1) is 22.3 Å². The number of rotatable bonds is 3. The molecule has 3 aromatic carbocycles. The second-order valence-corrected chi connectivity index (χ2v) is 7.86. The predicted octanol–water partition coefficient (Wildman–Crippen LogP) is 3.82. The molecule has 2 heterocycles. The quantitative estimate of drug-likeness (QED) is 0.433. The van der Waals surface area contributed by atoms with Crippen molar-refractivity contribution in [1.82, 2.24) is 13.7 Å². The van der Waals surface area contributed by atoms with E-state index in [0.29, 0.717) is 27.9 Å². The lowest BCUT2D eigenvalue weighted by molar-refractivity contribution is 0.782. The van der Waals surface area contributed by atoms with E-state index in [1.807, 2.05) is 54.6 Å². The largest absolute Gasteiger partial charge is 0.341 e. The molecule has 5 aromatic rings. The van der Waals surface area contributed by atoms with Crippen LogP contribution >= 0.6 is 0 Å². The van der Waals surface area contributed by atoms with E-state index in [1.165, 1.54) is 13.7 Å². The van der Waals surface area contributed by atoms with Crippen LogP contribution in [0.15, 0.2) is 105 Å². The van der Waals surface area contributed by atoms with Gasteiger partial charge in [0.2, 0.25) is 0 Å². The number of aryl methyl sites for hydroxylation is 2. The Labute approximate surface area is 189 Å². The number of aromatic nitrogens is 3. The third-order valence-corrected chi connectivity index (χ3v) is 5.91. The molecule has 0 unspecified atom stereocenters. The number of hydrogen-bond donors (Lipinski definition) is 0. The summed E-state index contributed by atoms with van der Waals surface area (Å²) in [5.41, 5.74) is 1.75. The number of fused-ring (bicyclic) bond motifs is 1. The van der Waals surface area contributed by atoms with Crippen LogP contribution in [0.25, 0.3) is 33.5 Å². The van der Waals surface area contributed by atoms with Gasteiger partial charge in [-0.25, -0.2) is 13.9 Å². The van der Waals surface area contributed by atoms with E-state index in [-0.39, 0.29) is 11.2 Å². The van der Waals surface area contributed by atoms with Gasteiger partial charge in [-0.3, -0.25) is 14.2 Å². The number of para-hydroxylation sites is 2. The van der Waals surface area contributed by atoms with Gasteiger partial charge in [-0.15, -0.1) is 0 Å². The summed E-state index contributed by atoms with van der Waals surface area (Å²) in [5.74, 6) is 0. The van der Waals surface area contributed by atoms with Crippen LogP contribution in [0, 0.1) is 6.92 Å². The molecule has 0 saturated heterocycles. The van der Waals surface area contributed by atoms with Gasteiger partial charge in [-0.1, -0.05) is 66.7 Å². The normalized spacial score (nSPS) is 11.1. The fourth-order valence-electron chi connectivity index (χ4n) is 4.35. The standard InChI is InChI=1S/C27H21N3O3/c1-18-22(19-12-6-3-7-13-19)25(31)28(2)24-23(18)26(32)30(21-16-10-5-11-17-21)27(33)29(24)20-14-8-4-9-15-20/h3-17H,1-2H3. The molecule has 0 aliphatic carbocycles. The zero-order valence-electron chi connectivity index (χ0n) is 18.2. The lowest BCUT2D eigenvalue weighted by atomic mass is 10.00. The highest BCUT2D eigenvalue weighted by atomic mass is 16.2. The Morgan fingerprint density at radius 2 is 1.09 bits per heavy atom. The van der Waals surface area contributed by atoms with Crippen LogP contribution in [-0.2, 0) is 7.05 Å². The summed E-state index contributed by atoms with van der Waals surface area (Å²) in [4.78, 5) is 41.1. The first kappa shape index (κ1) is 20.5. The summed E-state index contributed by atoms with van der Waals surface area (Å²) in [6.07, 6.45) is 0. The van der Waals surface area contributed by atoms with Crippen molar-refractivity contribution in [3.05, 3.63) is 128 Å². The molecule has 0 aliphatic heterocycles. The summed E-state index contributed by atoms with van der Waals surface area (Å²) in [6.45, 7) is 1.77. The topological polar surface area (TPSA) is 66.0 Å². The number of hydrogen-bond acceptors (Lipinski definition) is 3. The number of benzene rings is 3. The highest BCUT2D eigenvalue weighted by Crippen LogP contribution is 2.25. The molecule has 0 fully saturated rings. The maximum atomic E-state index is 13.8. The minimum Gasteiger partial charge on any atom is -0.296 e. The highest BCUT2D eigenvalue weighted by molar-refractivity contribution is 5.87. The van der Waals surface area contributed by atoms with Crippen LogP contribution in [0.3, 0.4) is 0 Å². The molecular formula is C27H21N3O3. The Morgan fingerprint density at radius 3 is 1.64 bits per heavy atom. The average molecular weight is 435 g/mol. The van der Waals surface area contributed by atoms with E-state index in [1.54, 1.807) is 50.4 Å². The monoisotopic (exact) mass is 435 g/mol. The molecule has 0 amide bonds. The van der Waals surface area contributed by atoms with Gasteiger partial charge in [0.25, 0.3) is 11.1 Å². The van der Waals surface area contributed by atoms with Crippen LogP contribution in [-0.4, -0.2) is 13.7 Å². The van der Waals surface area contributed by atoms with Crippen molar-refractivity contribution in [2.24, 2.45) is 7.05 Å². The molecule has 5 rings (SSSR count). The minimum atomic E-state index is -0.535. The summed E-state index contributed by atoms with van der Waals surface area (Å²) >= 11 is 0. The third kappa shape index (κ3) is 3.15. The van der Waals surface area contributed by atoms with Gasteiger partial charge in [0.15, 0.2) is 0 Å². The lowest BCUT2D eigenvalue weighted by Gasteiger charge is -2.19. The van der Waals surface area contributed by atoms with Gasteiger partial charge in [0, 0.05) is 7.05 Å². The SMILES string of the molecule is Cc1c(-c2ccccc2)c(=O)n(C)c2c1c(=O)n(-c1ccccc1)c(=O)n2-c1ccccc1. The Bertz CT molecular complexity index is 1660. The second-order valence-electron chi connectivity index (χ2n) is 7.86. The molecule has 0 aliphatic rings. The molecule has 6 nitrogen and oxygen atoms in total. The Balaban J connectivity index is 2.06. The number of nitrogens with zero attached hydrogens (tertiary/aromatic N) is 3. The first-order chi connectivity index (χ1) is 16.0. The third-order valence-electron chi connectivity index (χ3n) is 5.91. The zero-order chi connectivity index (χ0) is 23.1. The Morgan fingerprint density at radius 1 is 0.606 bits per heavy atom. The Kier molecular flexibility index (Phi) is 4.90. The van der Waals surface area contributed by atoms with E-state index in [4.69, 9.17) is 0 Å². The summed E-state index contributed by atoms with van der Waals surface area (Å²) in [5, 5.41) is 0.322. The van der Waals surface area contributed by atoms with E-state index < -0.39 is 11.2 Å². The molecule has 0 bridgehead atoms. The van der Waals surface area contributed by atoms with Crippen molar-refractivity contribution in [2.45, 2.75) is 6.92 Å². The molecule has 162 valence electrons. The molecular weight excluding hydrogens is 414 g/mol. The molecule has 6 heteroatoms. The van der Waals surface area contributed by atoms with E-state index >= 15 is 0 Å². The second kappa shape index (κ2) is 7.91. The van der Waals surface area contributed by atoms with E-state index in [0.717, 1.165) is 5.56 Å². The maximum Gasteiger partial charge on any atom is 0.341 e. The van der Waals surface area contributed by atoms with Gasteiger partial charge in [-0.2, -0.15) is 0 Å². The lowest BCUT2D eigenvalue weighted by Crippen LogP contribution is -2.41. The zero-order valence-corrected chi connectivity index (χ0v) is 18.2. The van der Waals surface area contributed by atoms with Gasteiger partial charge in [-0.05, 0) is 42.3 Å². The van der Waals surface area contributed by atoms with Gasteiger partial charge < -0.3 is 0 Å². The highest BCUT2D eigenvalue weighted by Gasteiger charge is 2.23. The molecule has 0 saturated carbocycles. The maximum absolute atomic E-state index is 13.8. The van der Waals surface area contributed by atoms with E-state index in [2.05, 4.69) is 0 Å². The summed E-state index contributed by atoms with van der Waals surface area (Å²) in [6, 6.07) is 27.1. The molecule has 0 spiro atoms. The molecule has 33 heavy (non-hydrogen) atoms. The van der Waals surface area contributed by atoms with Crippen LogP contribution in [0.4, 0.5) is 0 Å². The van der Waals surface area contributed by atoms with Crippen LogP contribution in [0.1, 0.15) is 5.56 Å².